The quantitative estimate of drug-likeness (QED) is 0.830. The van der Waals surface area contributed by atoms with Gasteiger partial charge in [0.2, 0.25) is 0 Å². The third kappa shape index (κ3) is 2.58. The minimum atomic E-state index is -1.16. The van der Waals surface area contributed by atoms with Crippen LogP contribution in [0.3, 0.4) is 0 Å². The third-order valence-corrected chi connectivity index (χ3v) is 5.68. The minimum absolute atomic E-state index is 0.135. The maximum Gasteiger partial charge on any atom is 0.325 e. The van der Waals surface area contributed by atoms with Crippen molar-refractivity contribution in [1.82, 2.24) is 10.2 Å². The molecule has 1 heterocycles. The summed E-state index contributed by atoms with van der Waals surface area (Å²) in [6.45, 7) is 1.49. The lowest BCUT2D eigenvalue weighted by Crippen LogP contribution is -2.41. The van der Waals surface area contributed by atoms with Crippen LogP contribution in [-0.4, -0.2) is 16.8 Å². The summed E-state index contributed by atoms with van der Waals surface area (Å²) < 4.78 is 14.1. The fourth-order valence-electron chi connectivity index (χ4n) is 3.76. The van der Waals surface area contributed by atoms with Crippen LogP contribution in [0.15, 0.2) is 36.4 Å². The van der Waals surface area contributed by atoms with Gasteiger partial charge in [0, 0.05) is 10.6 Å². The van der Waals surface area contributed by atoms with Crippen molar-refractivity contribution < 1.29 is 14.0 Å². The Kier molecular flexibility index (Phi) is 3.99. The molecule has 0 unspecified atom stereocenters. The summed E-state index contributed by atoms with van der Waals surface area (Å²) in [4.78, 5) is 26.5. The summed E-state index contributed by atoms with van der Waals surface area (Å²) in [6, 6.07) is 9.66. The largest absolute Gasteiger partial charge is 0.325 e. The van der Waals surface area contributed by atoms with Crippen molar-refractivity contribution >= 4 is 23.5 Å². The molecule has 2 aromatic carbocycles. The topological polar surface area (TPSA) is 49.4 Å². The molecule has 0 bridgehead atoms. The van der Waals surface area contributed by atoms with Gasteiger partial charge in [0.1, 0.15) is 11.4 Å². The second kappa shape index (κ2) is 6.09. The molecule has 0 aromatic heterocycles. The highest BCUT2D eigenvalue weighted by Crippen LogP contribution is 2.34. The predicted octanol–water partition coefficient (Wildman–Crippen LogP) is 3.94. The lowest BCUT2D eigenvalue weighted by molar-refractivity contribution is -0.131. The Hall–Kier alpha value is -2.40. The molecule has 4 rings (SSSR count). The maximum absolute atomic E-state index is 14.1. The minimum Gasteiger partial charge on any atom is -0.319 e. The second-order valence-corrected chi connectivity index (χ2v) is 7.39. The summed E-state index contributed by atoms with van der Waals surface area (Å²) >= 11 is 6.05. The lowest BCUT2D eigenvalue weighted by Gasteiger charge is -2.23. The summed E-state index contributed by atoms with van der Waals surface area (Å²) in [5.41, 5.74) is 2.24. The van der Waals surface area contributed by atoms with E-state index in [2.05, 4.69) is 5.32 Å². The molecular formula is C20H18ClFN2O2. The highest BCUT2D eigenvalue weighted by atomic mass is 35.5. The smallest absolute Gasteiger partial charge is 0.319 e. The summed E-state index contributed by atoms with van der Waals surface area (Å²) in [5.74, 6) is -0.941. The van der Waals surface area contributed by atoms with Gasteiger partial charge in [-0.3, -0.25) is 9.69 Å². The van der Waals surface area contributed by atoms with Crippen LogP contribution in [0, 0.1) is 5.82 Å². The summed E-state index contributed by atoms with van der Waals surface area (Å²) in [6.07, 6.45) is 3.13. The van der Waals surface area contributed by atoms with Crippen molar-refractivity contribution in [2.75, 3.05) is 0 Å². The van der Waals surface area contributed by atoms with Crippen molar-refractivity contribution in [1.29, 1.82) is 0 Å². The van der Waals surface area contributed by atoms with E-state index in [1.165, 1.54) is 29.3 Å². The number of benzene rings is 2. The summed E-state index contributed by atoms with van der Waals surface area (Å²) in [7, 11) is 0. The van der Waals surface area contributed by atoms with Crippen LogP contribution in [0.25, 0.3) is 0 Å². The molecule has 3 amide bonds. The number of fused-ring (bicyclic) bond motifs is 1. The number of aryl methyl sites for hydroxylation is 2. The molecule has 1 N–H and O–H groups in total. The molecule has 0 saturated carbocycles. The first-order valence-electron chi connectivity index (χ1n) is 8.59. The predicted molar refractivity (Wildman–Crippen MR) is 96.3 cm³/mol. The molecule has 1 saturated heterocycles. The fraction of sp³-hybridized carbons (Fsp3) is 0.300. The zero-order valence-corrected chi connectivity index (χ0v) is 15.1. The number of carbonyl (C=O) groups is 2. The van der Waals surface area contributed by atoms with Crippen LogP contribution in [0.4, 0.5) is 9.18 Å². The van der Waals surface area contributed by atoms with E-state index in [4.69, 9.17) is 11.6 Å². The Labute approximate surface area is 155 Å². The molecule has 2 aliphatic rings. The number of imide groups is 1. The number of urea groups is 1. The van der Waals surface area contributed by atoms with Crippen LogP contribution in [-0.2, 0) is 29.7 Å². The van der Waals surface area contributed by atoms with Gasteiger partial charge in [0.25, 0.3) is 5.91 Å². The molecule has 4 nitrogen and oxygen atoms in total. The van der Waals surface area contributed by atoms with E-state index >= 15 is 0 Å². The Balaban J connectivity index is 1.66. The number of amides is 3. The summed E-state index contributed by atoms with van der Waals surface area (Å²) in [5, 5.41) is 2.96. The molecule has 26 heavy (non-hydrogen) atoms. The Morgan fingerprint density at radius 2 is 1.96 bits per heavy atom. The first kappa shape index (κ1) is 17.0. The van der Waals surface area contributed by atoms with E-state index in [0.29, 0.717) is 0 Å². The number of hydrogen-bond donors (Lipinski definition) is 1. The van der Waals surface area contributed by atoms with Crippen molar-refractivity contribution in [3.8, 4) is 0 Å². The maximum atomic E-state index is 14.1. The van der Waals surface area contributed by atoms with Crippen LogP contribution in [0.2, 0.25) is 5.02 Å². The average molecular weight is 373 g/mol. The van der Waals surface area contributed by atoms with Gasteiger partial charge in [-0.05, 0) is 55.0 Å². The number of nitrogens with one attached hydrogen (secondary N) is 1. The van der Waals surface area contributed by atoms with Crippen molar-refractivity contribution in [3.05, 3.63) is 69.5 Å². The first-order valence-corrected chi connectivity index (χ1v) is 8.97. The monoisotopic (exact) mass is 372 g/mol. The molecule has 1 aliphatic carbocycles. The van der Waals surface area contributed by atoms with Gasteiger partial charge in [-0.15, -0.1) is 0 Å². The van der Waals surface area contributed by atoms with Gasteiger partial charge in [-0.1, -0.05) is 35.9 Å². The molecule has 2 aromatic rings. The van der Waals surface area contributed by atoms with E-state index < -0.39 is 23.3 Å². The van der Waals surface area contributed by atoms with E-state index in [9.17, 15) is 14.0 Å². The van der Waals surface area contributed by atoms with E-state index in [1.54, 1.807) is 6.92 Å². The molecule has 1 aliphatic heterocycles. The third-order valence-electron chi connectivity index (χ3n) is 5.33. The Bertz CT molecular complexity index is 910. The zero-order valence-electron chi connectivity index (χ0n) is 14.3. The number of halogens is 2. The number of hydrogen-bond acceptors (Lipinski definition) is 2. The standard InChI is InChI=1S/C20H18ClFN2O2/c1-20(14-9-8-12-4-2-5-13(12)10-14)18(25)24(19(26)23-20)11-15-16(21)6-3-7-17(15)22/h3,6-10H,2,4-5,11H2,1H3,(H,23,26)/t20-/m1/s1. The highest BCUT2D eigenvalue weighted by molar-refractivity contribution is 6.31. The van der Waals surface area contributed by atoms with Gasteiger partial charge >= 0.3 is 6.03 Å². The molecule has 1 atom stereocenters. The molecule has 6 heteroatoms. The van der Waals surface area contributed by atoms with Crippen LogP contribution in [0.5, 0.6) is 0 Å². The van der Waals surface area contributed by atoms with Crippen molar-refractivity contribution in [3.63, 3.8) is 0 Å². The van der Waals surface area contributed by atoms with Gasteiger partial charge in [-0.2, -0.15) is 0 Å². The number of rotatable bonds is 3. The Morgan fingerprint density at radius 3 is 2.73 bits per heavy atom. The zero-order chi connectivity index (χ0) is 18.5. The Morgan fingerprint density at radius 1 is 1.19 bits per heavy atom. The van der Waals surface area contributed by atoms with Crippen molar-refractivity contribution in [2.24, 2.45) is 0 Å². The lowest BCUT2D eigenvalue weighted by atomic mass is 9.89. The van der Waals surface area contributed by atoms with Gasteiger partial charge in [-0.25, -0.2) is 9.18 Å². The molecule has 0 radical (unpaired) electrons. The van der Waals surface area contributed by atoms with Gasteiger partial charge in [0.15, 0.2) is 0 Å². The van der Waals surface area contributed by atoms with E-state index in [-0.39, 0.29) is 17.1 Å². The highest BCUT2D eigenvalue weighted by Gasteiger charge is 2.49. The van der Waals surface area contributed by atoms with Crippen molar-refractivity contribution in [2.45, 2.75) is 38.3 Å². The first-order chi connectivity index (χ1) is 12.4. The number of carbonyl (C=O) groups excluding carboxylic acids is 2. The van der Waals surface area contributed by atoms with Crippen LogP contribution in [0.1, 0.15) is 35.6 Å². The molecule has 134 valence electrons. The van der Waals surface area contributed by atoms with Crippen LogP contribution < -0.4 is 5.32 Å². The molecule has 1 fully saturated rings. The second-order valence-electron chi connectivity index (χ2n) is 6.98. The molecular weight excluding hydrogens is 355 g/mol. The number of nitrogens with zero attached hydrogens (tertiary/aromatic N) is 1. The van der Waals surface area contributed by atoms with Crippen LogP contribution >= 0.6 is 11.6 Å². The fourth-order valence-corrected chi connectivity index (χ4v) is 3.98. The van der Waals surface area contributed by atoms with Gasteiger partial charge in [0.05, 0.1) is 6.54 Å². The van der Waals surface area contributed by atoms with Gasteiger partial charge < -0.3 is 5.32 Å². The SMILES string of the molecule is C[C@]1(c2ccc3c(c2)CCC3)NC(=O)N(Cc2c(F)cccc2Cl)C1=O. The van der Waals surface area contributed by atoms with E-state index in [0.717, 1.165) is 29.7 Å². The normalized spacial score (nSPS) is 21.9. The molecule has 0 spiro atoms. The van der Waals surface area contributed by atoms with E-state index in [1.807, 2.05) is 18.2 Å². The average Bonchev–Trinajstić information content (AvgIpc) is 3.15.